The predicted molar refractivity (Wildman–Crippen MR) is 92.1 cm³/mol. The molecular weight excluding hydrogens is 315 g/mol. The third-order valence-corrected chi connectivity index (χ3v) is 5.21. The maximum atomic E-state index is 6.06. The molecule has 2 aromatic carbocycles. The summed E-state index contributed by atoms with van der Waals surface area (Å²) in [5.41, 5.74) is 2.58. The highest BCUT2D eigenvalue weighted by atomic mass is 35.5. The van der Waals surface area contributed by atoms with E-state index in [0.717, 1.165) is 35.4 Å². The summed E-state index contributed by atoms with van der Waals surface area (Å²) in [5.74, 6) is 1.56. The van der Waals surface area contributed by atoms with Gasteiger partial charge in [-0.25, -0.2) is 0 Å². The molecule has 112 valence electrons. The molecule has 2 aromatic rings. The number of nitrogens with zero attached hydrogens (tertiary/aromatic N) is 1. The molecule has 1 atom stereocenters. The minimum atomic E-state index is -0.00858. The zero-order valence-electron chi connectivity index (χ0n) is 12.0. The summed E-state index contributed by atoms with van der Waals surface area (Å²) in [5, 5.41) is 4.97. The molecule has 0 spiro atoms. The fourth-order valence-electron chi connectivity index (χ4n) is 3.54. The molecule has 1 heterocycles. The lowest BCUT2D eigenvalue weighted by Crippen LogP contribution is -2.25. The Morgan fingerprint density at radius 2 is 1.45 bits per heavy atom. The van der Waals surface area contributed by atoms with Crippen LogP contribution in [-0.4, -0.2) is 18.9 Å². The highest BCUT2D eigenvalue weighted by Gasteiger charge is 2.59. The first kappa shape index (κ1) is 14.1. The molecule has 2 nitrogen and oxygen atoms in total. The second-order valence-electron chi connectivity index (χ2n) is 5.94. The van der Waals surface area contributed by atoms with E-state index in [1.54, 1.807) is 0 Å². The van der Waals surface area contributed by atoms with Crippen LogP contribution in [0.15, 0.2) is 53.5 Å². The molecule has 1 saturated carbocycles. The highest BCUT2D eigenvalue weighted by Crippen LogP contribution is 2.59. The van der Waals surface area contributed by atoms with Crippen LogP contribution in [0.1, 0.15) is 17.5 Å². The molecule has 2 aliphatic rings. The summed E-state index contributed by atoms with van der Waals surface area (Å²) in [4.78, 5) is 4.63. The number of aliphatic imine (C=N–C) groups is 1. The van der Waals surface area contributed by atoms with Crippen molar-refractivity contribution in [1.82, 2.24) is 5.32 Å². The first-order valence-corrected chi connectivity index (χ1v) is 8.26. The molecule has 0 bridgehead atoms. The van der Waals surface area contributed by atoms with Gasteiger partial charge in [-0.15, -0.1) is 0 Å². The van der Waals surface area contributed by atoms with Crippen molar-refractivity contribution in [2.45, 2.75) is 11.8 Å². The van der Waals surface area contributed by atoms with Gasteiger partial charge in [-0.1, -0.05) is 47.5 Å². The average molecular weight is 331 g/mol. The molecule has 0 radical (unpaired) electrons. The van der Waals surface area contributed by atoms with Gasteiger partial charge in [0.15, 0.2) is 0 Å². The number of hydrogen-bond donors (Lipinski definition) is 1. The van der Waals surface area contributed by atoms with E-state index in [0.29, 0.717) is 5.92 Å². The highest BCUT2D eigenvalue weighted by molar-refractivity contribution is 6.30. The van der Waals surface area contributed by atoms with Crippen molar-refractivity contribution in [3.63, 3.8) is 0 Å². The van der Waals surface area contributed by atoms with E-state index in [1.807, 2.05) is 24.3 Å². The van der Waals surface area contributed by atoms with E-state index in [1.165, 1.54) is 11.1 Å². The Balaban J connectivity index is 1.79. The fraction of sp³-hybridized carbons (Fsp3) is 0.278. The van der Waals surface area contributed by atoms with Crippen LogP contribution in [-0.2, 0) is 5.41 Å². The quantitative estimate of drug-likeness (QED) is 0.891. The Kier molecular flexibility index (Phi) is 3.39. The van der Waals surface area contributed by atoms with Crippen molar-refractivity contribution in [2.24, 2.45) is 10.9 Å². The van der Waals surface area contributed by atoms with E-state index in [2.05, 4.69) is 34.6 Å². The predicted octanol–water partition coefficient (Wildman–Crippen LogP) is 4.30. The van der Waals surface area contributed by atoms with Gasteiger partial charge in [0.05, 0.1) is 6.54 Å². The van der Waals surface area contributed by atoms with E-state index in [4.69, 9.17) is 23.2 Å². The molecule has 0 unspecified atom stereocenters. The third-order valence-electron chi connectivity index (χ3n) is 4.71. The van der Waals surface area contributed by atoms with Gasteiger partial charge < -0.3 is 5.32 Å². The van der Waals surface area contributed by atoms with Gasteiger partial charge in [0, 0.05) is 27.9 Å². The molecule has 0 saturated heterocycles. The number of benzene rings is 2. The topological polar surface area (TPSA) is 24.4 Å². The molecule has 1 N–H and O–H groups in total. The second-order valence-corrected chi connectivity index (χ2v) is 6.81. The number of rotatable bonds is 3. The Morgan fingerprint density at radius 3 is 1.91 bits per heavy atom. The Bertz CT molecular complexity index is 674. The summed E-state index contributed by atoms with van der Waals surface area (Å²) in [6.07, 6.45) is 1.07. The van der Waals surface area contributed by atoms with Crippen molar-refractivity contribution < 1.29 is 0 Å². The molecule has 4 rings (SSSR count). The van der Waals surface area contributed by atoms with Gasteiger partial charge in [-0.2, -0.15) is 0 Å². The Labute approximate surface area is 140 Å². The Morgan fingerprint density at radius 1 is 0.909 bits per heavy atom. The van der Waals surface area contributed by atoms with Gasteiger partial charge in [0.2, 0.25) is 0 Å². The molecule has 22 heavy (non-hydrogen) atoms. The van der Waals surface area contributed by atoms with Crippen LogP contribution >= 0.6 is 23.2 Å². The van der Waals surface area contributed by atoms with Crippen molar-refractivity contribution in [1.29, 1.82) is 0 Å². The summed E-state index contributed by atoms with van der Waals surface area (Å²) in [6, 6.07) is 16.4. The first-order chi connectivity index (χ1) is 10.7. The molecule has 1 fully saturated rings. The lowest BCUT2D eigenvalue weighted by atomic mass is 9.85. The lowest BCUT2D eigenvalue weighted by molar-refractivity contribution is 0.796. The zero-order valence-corrected chi connectivity index (χ0v) is 13.5. The SMILES string of the molecule is Clc1ccc(C2(c3ccc(Cl)cc3)C[C@H]2C2=NCCN2)cc1. The number of halogens is 2. The normalized spacial score (nSPS) is 22.1. The van der Waals surface area contributed by atoms with Gasteiger partial charge in [-0.3, -0.25) is 4.99 Å². The van der Waals surface area contributed by atoms with Crippen molar-refractivity contribution in [3.05, 3.63) is 69.7 Å². The van der Waals surface area contributed by atoms with Crippen molar-refractivity contribution >= 4 is 29.0 Å². The summed E-state index contributed by atoms with van der Waals surface area (Å²) in [7, 11) is 0. The van der Waals surface area contributed by atoms with Crippen LogP contribution in [0.25, 0.3) is 0 Å². The Hall–Kier alpha value is -1.51. The summed E-state index contributed by atoms with van der Waals surface area (Å²) >= 11 is 12.1. The molecular formula is C18H16Cl2N2. The maximum Gasteiger partial charge on any atom is 0.101 e. The van der Waals surface area contributed by atoms with Crippen LogP contribution in [0.4, 0.5) is 0 Å². The zero-order chi connectivity index (χ0) is 15.2. The van der Waals surface area contributed by atoms with E-state index in [9.17, 15) is 0 Å². The third kappa shape index (κ3) is 2.22. The average Bonchev–Trinajstić information content (AvgIpc) is 3.04. The van der Waals surface area contributed by atoms with Crippen LogP contribution in [0, 0.1) is 5.92 Å². The van der Waals surface area contributed by atoms with Gasteiger partial charge >= 0.3 is 0 Å². The minimum absolute atomic E-state index is 0.00858. The summed E-state index contributed by atoms with van der Waals surface area (Å²) < 4.78 is 0. The van der Waals surface area contributed by atoms with Crippen LogP contribution in [0.2, 0.25) is 10.0 Å². The fourth-order valence-corrected chi connectivity index (χ4v) is 3.79. The van der Waals surface area contributed by atoms with Gasteiger partial charge in [-0.05, 0) is 41.8 Å². The molecule has 1 aliphatic heterocycles. The number of nitrogens with one attached hydrogen (secondary N) is 1. The van der Waals surface area contributed by atoms with E-state index in [-0.39, 0.29) is 5.41 Å². The lowest BCUT2D eigenvalue weighted by Gasteiger charge is -2.19. The van der Waals surface area contributed by atoms with E-state index < -0.39 is 0 Å². The molecule has 4 heteroatoms. The molecule has 0 aromatic heterocycles. The van der Waals surface area contributed by atoms with Gasteiger partial charge in [0.25, 0.3) is 0 Å². The van der Waals surface area contributed by atoms with Crippen molar-refractivity contribution in [3.8, 4) is 0 Å². The first-order valence-electron chi connectivity index (χ1n) is 7.50. The number of hydrogen-bond acceptors (Lipinski definition) is 2. The largest absolute Gasteiger partial charge is 0.372 e. The standard InChI is InChI=1S/C18H16Cl2N2/c19-14-5-1-12(2-6-14)18(13-3-7-15(20)8-4-13)11-16(18)17-21-9-10-22-17/h1-8,16H,9-11H2,(H,21,22)/t16-/m0/s1. The number of amidine groups is 1. The second kappa shape index (κ2) is 5.29. The smallest absolute Gasteiger partial charge is 0.101 e. The summed E-state index contributed by atoms with van der Waals surface area (Å²) in [6.45, 7) is 1.83. The monoisotopic (exact) mass is 330 g/mol. The van der Waals surface area contributed by atoms with E-state index >= 15 is 0 Å². The van der Waals surface area contributed by atoms with Crippen LogP contribution < -0.4 is 5.32 Å². The van der Waals surface area contributed by atoms with Crippen LogP contribution in [0.5, 0.6) is 0 Å². The maximum absolute atomic E-state index is 6.06. The molecule has 0 amide bonds. The molecule has 1 aliphatic carbocycles. The van der Waals surface area contributed by atoms with Gasteiger partial charge in [0.1, 0.15) is 5.84 Å². The van der Waals surface area contributed by atoms with Crippen LogP contribution in [0.3, 0.4) is 0 Å². The van der Waals surface area contributed by atoms with Crippen molar-refractivity contribution in [2.75, 3.05) is 13.1 Å². The minimum Gasteiger partial charge on any atom is -0.372 e.